The lowest BCUT2D eigenvalue weighted by Crippen LogP contribution is -2.37. The number of aryl methyl sites for hydroxylation is 2. The molecule has 0 saturated carbocycles. The summed E-state index contributed by atoms with van der Waals surface area (Å²) in [4.78, 5) is 0. The van der Waals surface area contributed by atoms with E-state index in [9.17, 15) is 5.11 Å². The second kappa shape index (κ2) is 4.77. The molecule has 0 amide bonds. The molecule has 0 bridgehead atoms. The average Bonchev–Trinajstić information content (AvgIpc) is 2.79. The van der Waals surface area contributed by atoms with Crippen LogP contribution in [0.3, 0.4) is 0 Å². The van der Waals surface area contributed by atoms with Gasteiger partial charge in [-0.25, -0.2) is 4.68 Å². The van der Waals surface area contributed by atoms with E-state index in [2.05, 4.69) is 10.5 Å². The zero-order chi connectivity index (χ0) is 14.1. The van der Waals surface area contributed by atoms with E-state index >= 15 is 0 Å². The molecule has 102 valence electrons. The van der Waals surface area contributed by atoms with Crippen molar-refractivity contribution in [2.45, 2.75) is 13.8 Å². The molecule has 0 atom stereocenters. The lowest BCUT2D eigenvalue weighted by atomic mass is 10.3. The minimum atomic E-state index is 0.156. The number of benzene rings is 1. The van der Waals surface area contributed by atoms with Crippen molar-refractivity contribution >= 4 is 11.5 Å². The molecule has 2 aromatic rings. The van der Waals surface area contributed by atoms with Crippen LogP contribution in [0.25, 0.3) is 5.82 Å². The zero-order valence-electron chi connectivity index (χ0n) is 11.4. The van der Waals surface area contributed by atoms with Crippen LogP contribution in [-0.4, -0.2) is 14.9 Å². The first-order valence-electron chi connectivity index (χ1n) is 6.41. The Morgan fingerprint density at radius 3 is 2.55 bits per heavy atom. The second-order valence-electron chi connectivity index (χ2n) is 4.71. The lowest BCUT2D eigenvalue weighted by molar-refractivity contribution is 0.421. The number of para-hydroxylation sites is 1. The van der Waals surface area contributed by atoms with Crippen molar-refractivity contribution in [3.05, 3.63) is 65.8 Å². The van der Waals surface area contributed by atoms with Gasteiger partial charge in [0, 0.05) is 18.0 Å². The highest BCUT2D eigenvalue weighted by atomic mass is 16.3. The molecule has 0 unspecified atom stereocenters. The Morgan fingerprint density at radius 2 is 1.90 bits per heavy atom. The molecular formula is C15H16N4O. The predicted octanol–water partition coefficient (Wildman–Crippen LogP) is 2.72. The molecule has 20 heavy (non-hydrogen) atoms. The molecule has 1 aromatic heterocycles. The Balaban J connectivity index is 1.96. The topological polar surface area (TPSA) is 53.3 Å². The van der Waals surface area contributed by atoms with Crippen LogP contribution < -0.4 is 10.4 Å². The Hall–Kier alpha value is -2.69. The molecule has 0 spiro atoms. The lowest BCUT2D eigenvalue weighted by Gasteiger charge is -2.27. The molecule has 3 rings (SSSR count). The summed E-state index contributed by atoms with van der Waals surface area (Å²) in [6, 6.07) is 11.8. The number of hydrogen-bond acceptors (Lipinski definition) is 4. The average molecular weight is 268 g/mol. The number of hydrazine groups is 1. The van der Waals surface area contributed by atoms with Gasteiger partial charge in [0.05, 0.1) is 11.4 Å². The minimum absolute atomic E-state index is 0.156. The SMILES string of the molecule is Cc1cc(C)n(C2=C(O)C=CN(c3ccccc3)N2)n1. The van der Waals surface area contributed by atoms with E-state index in [0.717, 1.165) is 17.1 Å². The van der Waals surface area contributed by atoms with Gasteiger partial charge in [0.1, 0.15) is 0 Å². The van der Waals surface area contributed by atoms with Crippen LogP contribution >= 0.6 is 0 Å². The first-order chi connectivity index (χ1) is 9.65. The van der Waals surface area contributed by atoms with Crippen molar-refractivity contribution in [3.8, 4) is 0 Å². The monoisotopic (exact) mass is 268 g/mol. The van der Waals surface area contributed by atoms with Crippen LogP contribution in [0.2, 0.25) is 0 Å². The maximum atomic E-state index is 10.1. The van der Waals surface area contributed by atoms with Crippen LogP contribution in [0.4, 0.5) is 5.69 Å². The van der Waals surface area contributed by atoms with Crippen LogP contribution in [0.5, 0.6) is 0 Å². The van der Waals surface area contributed by atoms with E-state index < -0.39 is 0 Å². The summed E-state index contributed by atoms with van der Waals surface area (Å²) < 4.78 is 1.70. The maximum absolute atomic E-state index is 10.1. The van der Waals surface area contributed by atoms with Gasteiger partial charge in [0.15, 0.2) is 11.6 Å². The number of anilines is 1. The van der Waals surface area contributed by atoms with E-state index in [1.54, 1.807) is 17.0 Å². The number of allylic oxidation sites excluding steroid dienone is 1. The number of aliphatic hydroxyl groups is 1. The molecule has 5 heteroatoms. The summed E-state index contributed by atoms with van der Waals surface area (Å²) in [5, 5.41) is 16.3. The number of hydrogen-bond donors (Lipinski definition) is 2. The molecule has 2 N–H and O–H groups in total. The third kappa shape index (κ3) is 2.14. The summed E-state index contributed by atoms with van der Waals surface area (Å²) in [7, 11) is 0. The summed E-state index contributed by atoms with van der Waals surface area (Å²) in [5.74, 6) is 0.699. The normalized spacial score (nSPS) is 14.6. The third-order valence-corrected chi connectivity index (χ3v) is 3.11. The number of aliphatic hydroxyl groups excluding tert-OH is 1. The number of nitrogens with one attached hydrogen (secondary N) is 1. The summed E-state index contributed by atoms with van der Waals surface area (Å²) in [5.41, 5.74) is 6.01. The van der Waals surface area contributed by atoms with Crippen molar-refractivity contribution in [1.29, 1.82) is 0 Å². The highest BCUT2D eigenvalue weighted by molar-refractivity contribution is 5.60. The minimum Gasteiger partial charge on any atom is -0.504 e. The van der Waals surface area contributed by atoms with Gasteiger partial charge in [-0.1, -0.05) is 18.2 Å². The van der Waals surface area contributed by atoms with Crippen LogP contribution in [0.15, 0.2) is 54.4 Å². The van der Waals surface area contributed by atoms with Crippen molar-refractivity contribution in [1.82, 2.24) is 15.2 Å². The van der Waals surface area contributed by atoms with Crippen LogP contribution in [0.1, 0.15) is 11.4 Å². The standard InChI is InChI=1S/C15H16N4O/c1-11-10-12(2)19(16-11)15-14(20)8-9-18(17-15)13-6-4-3-5-7-13/h3-10,17,20H,1-2H3. The fraction of sp³-hybridized carbons (Fsp3) is 0.133. The van der Waals surface area contributed by atoms with E-state index in [-0.39, 0.29) is 5.76 Å². The zero-order valence-corrected chi connectivity index (χ0v) is 11.4. The smallest absolute Gasteiger partial charge is 0.189 e. The highest BCUT2D eigenvalue weighted by Gasteiger charge is 2.17. The van der Waals surface area contributed by atoms with Gasteiger partial charge in [0.25, 0.3) is 0 Å². The molecule has 1 aliphatic rings. The number of aromatic nitrogens is 2. The molecule has 1 aromatic carbocycles. The van der Waals surface area contributed by atoms with Gasteiger partial charge in [-0.15, -0.1) is 0 Å². The van der Waals surface area contributed by atoms with Gasteiger partial charge in [-0.3, -0.25) is 10.4 Å². The van der Waals surface area contributed by atoms with Gasteiger partial charge in [-0.05, 0) is 32.0 Å². The van der Waals surface area contributed by atoms with E-state index in [1.165, 1.54) is 0 Å². The van der Waals surface area contributed by atoms with E-state index in [4.69, 9.17) is 0 Å². The molecule has 0 radical (unpaired) electrons. The van der Waals surface area contributed by atoms with Crippen LogP contribution in [-0.2, 0) is 0 Å². The molecular weight excluding hydrogens is 252 g/mol. The molecule has 5 nitrogen and oxygen atoms in total. The second-order valence-corrected chi connectivity index (χ2v) is 4.71. The highest BCUT2D eigenvalue weighted by Crippen LogP contribution is 2.20. The van der Waals surface area contributed by atoms with Gasteiger partial charge in [0.2, 0.25) is 0 Å². The van der Waals surface area contributed by atoms with Gasteiger partial charge >= 0.3 is 0 Å². The molecule has 0 saturated heterocycles. The van der Waals surface area contributed by atoms with Crippen LogP contribution in [0, 0.1) is 13.8 Å². The summed E-state index contributed by atoms with van der Waals surface area (Å²) in [6.45, 7) is 3.88. The Labute approximate surface area is 117 Å². The number of nitrogens with zero attached hydrogens (tertiary/aromatic N) is 3. The van der Waals surface area contributed by atoms with Crippen molar-refractivity contribution < 1.29 is 5.11 Å². The van der Waals surface area contributed by atoms with Crippen molar-refractivity contribution in [2.24, 2.45) is 0 Å². The molecule has 0 aliphatic carbocycles. The quantitative estimate of drug-likeness (QED) is 0.879. The largest absolute Gasteiger partial charge is 0.504 e. The third-order valence-electron chi connectivity index (χ3n) is 3.11. The first kappa shape index (κ1) is 12.3. The Kier molecular flexibility index (Phi) is 2.95. The fourth-order valence-corrected chi connectivity index (χ4v) is 2.18. The Morgan fingerprint density at radius 1 is 1.15 bits per heavy atom. The Bertz CT molecular complexity index is 685. The maximum Gasteiger partial charge on any atom is 0.189 e. The van der Waals surface area contributed by atoms with Gasteiger partial charge < -0.3 is 5.11 Å². The molecule has 2 heterocycles. The predicted molar refractivity (Wildman–Crippen MR) is 78.7 cm³/mol. The number of rotatable bonds is 2. The van der Waals surface area contributed by atoms with E-state index in [0.29, 0.717) is 5.82 Å². The van der Waals surface area contributed by atoms with Gasteiger partial charge in [-0.2, -0.15) is 5.10 Å². The molecule has 1 aliphatic heterocycles. The summed E-state index contributed by atoms with van der Waals surface area (Å²) in [6.07, 6.45) is 3.43. The van der Waals surface area contributed by atoms with Crippen molar-refractivity contribution in [3.63, 3.8) is 0 Å². The fourth-order valence-electron chi connectivity index (χ4n) is 2.18. The van der Waals surface area contributed by atoms with Crippen molar-refractivity contribution in [2.75, 3.05) is 5.01 Å². The van der Waals surface area contributed by atoms with E-state index in [1.807, 2.05) is 55.3 Å². The molecule has 0 fully saturated rings. The summed E-state index contributed by atoms with van der Waals surface area (Å²) >= 11 is 0. The first-order valence-corrected chi connectivity index (χ1v) is 6.41.